The van der Waals surface area contributed by atoms with E-state index >= 15 is 0 Å². The van der Waals surface area contributed by atoms with Gasteiger partial charge in [0.1, 0.15) is 13.1 Å². The second-order valence-electron chi connectivity index (χ2n) is 11.5. The molecule has 2 heterocycles. The van der Waals surface area contributed by atoms with Gasteiger partial charge in [-0.2, -0.15) is 0 Å². The second kappa shape index (κ2) is 18.6. The third-order valence-electron chi connectivity index (χ3n) is 8.44. The van der Waals surface area contributed by atoms with Crippen LogP contribution in [0.15, 0.2) is 97.6 Å². The van der Waals surface area contributed by atoms with Gasteiger partial charge in [-0.15, -0.1) is 0 Å². The van der Waals surface area contributed by atoms with Crippen molar-refractivity contribution in [2.45, 2.75) is 54.6 Å². The van der Waals surface area contributed by atoms with E-state index in [1.807, 2.05) is 21.6 Å². The van der Waals surface area contributed by atoms with E-state index in [-0.39, 0.29) is 0 Å². The highest BCUT2D eigenvalue weighted by atomic mass is 33.1. The Hall–Kier alpha value is -3.48. The van der Waals surface area contributed by atoms with Crippen molar-refractivity contribution in [3.63, 3.8) is 0 Å². The number of hydrogen-bond donors (Lipinski definition) is 0. The van der Waals surface area contributed by atoms with E-state index in [2.05, 4.69) is 170 Å². The predicted octanol–water partition coefficient (Wildman–Crippen LogP) is 9.16. The van der Waals surface area contributed by atoms with Crippen LogP contribution in [0.2, 0.25) is 0 Å². The van der Waals surface area contributed by atoms with Crippen LogP contribution in [0.1, 0.15) is 63.8 Å². The Balaban J connectivity index is 1.20. The van der Waals surface area contributed by atoms with Gasteiger partial charge in [-0.05, 0) is 99.2 Å². The summed E-state index contributed by atoms with van der Waals surface area (Å²) in [5, 5.41) is 0. The van der Waals surface area contributed by atoms with Crippen LogP contribution in [0.5, 0.6) is 0 Å². The molecule has 0 aliphatic carbocycles. The summed E-state index contributed by atoms with van der Waals surface area (Å²) in [5.41, 5.74) is 10.2. The quantitative estimate of drug-likeness (QED) is 0.0641. The molecule has 0 fully saturated rings. The van der Waals surface area contributed by atoms with Gasteiger partial charge in [-0.25, -0.2) is 9.13 Å². The second-order valence-corrected chi connectivity index (χ2v) is 14.2. The molecule has 4 rings (SSSR count). The van der Waals surface area contributed by atoms with Crippen molar-refractivity contribution in [3.05, 3.63) is 120 Å². The van der Waals surface area contributed by atoms with Crippen LogP contribution < -0.4 is 18.9 Å². The van der Waals surface area contributed by atoms with Crippen molar-refractivity contribution < 1.29 is 9.13 Å². The Morgan fingerprint density at radius 1 is 0.543 bits per heavy atom. The van der Waals surface area contributed by atoms with Crippen LogP contribution in [0.25, 0.3) is 23.3 Å². The largest absolute Gasteiger partial charge is 0.371 e. The van der Waals surface area contributed by atoms with Gasteiger partial charge in [-0.1, -0.05) is 58.0 Å². The van der Waals surface area contributed by atoms with E-state index in [1.165, 1.54) is 44.8 Å². The summed E-state index contributed by atoms with van der Waals surface area (Å²) in [6.45, 7) is 19.3. The fraction of sp³-hybridized carbons (Fsp3) is 0.350. The van der Waals surface area contributed by atoms with Crippen LogP contribution >= 0.6 is 21.6 Å². The maximum Gasteiger partial charge on any atom is 0.169 e. The Labute approximate surface area is 286 Å². The summed E-state index contributed by atoms with van der Waals surface area (Å²) in [6.07, 6.45) is 13.1. The van der Waals surface area contributed by atoms with Crippen LogP contribution in [0.4, 0.5) is 11.4 Å². The molecule has 2 aromatic heterocycles. The first kappa shape index (κ1) is 35.4. The van der Waals surface area contributed by atoms with Crippen molar-refractivity contribution in [1.29, 1.82) is 0 Å². The minimum atomic E-state index is 0.996. The molecule has 0 unspecified atom stereocenters. The third-order valence-corrected chi connectivity index (χ3v) is 10.8. The Bertz CT molecular complexity index is 1410. The van der Waals surface area contributed by atoms with E-state index in [0.717, 1.165) is 50.8 Å². The lowest BCUT2D eigenvalue weighted by atomic mass is 10.1. The third kappa shape index (κ3) is 10.5. The van der Waals surface area contributed by atoms with Gasteiger partial charge in [0.05, 0.1) is 0 Å². The SMILES string of the molecule is CCN(CCSSCCN(CC)c1ccc(/C=C(\C)c2cc[n+](CC)cc2)cc1)c1ccc(/C=C(\C)c2cc[n+](CC)cc2)cc1. The normalized spacial score (nSPS) is 12.0. The maximum absolute atomic E-state index is 2.48. The molecule has 0 atom stereocenters. The lowest BCUT2D eigenvalue weighted by molar-refractivity contribution is -0.693. The molecule has 4 aromatic rings. The molecular weight excluding hydrogens is 601 g/mol. The molecule has 0 saturated carbocycles. The molecule has 0 bridgehead atoms. The lowest BCUT2D eigenvalue weighted by Gasteiger charge is -2.24. The average molecular weight is 653 g/mol. The summed E-state index contributed by atoms with van der Waals surface area (Å²) < 4.78 is 4.38. The fourth-order valence-electron chi connectivity index (χ4n) is 5.44. The molecule has 46 heavy (non-hydrogen) atoms. The number of hydrogen-bond acceptors (Lipinski definition) is 4. The summed E-state index contributed by atoms with van der Waals surface area (Å²) in [6, 6.07) is 26.8. The molecule has 242 valence electrons. The zero-order chi connectivity index (χ0) is 32.7. The molecule has 0 aliphatic rings. The standard InChI is InChI=1S/C40H52N4S2/c1-7-41-23-19-37(20-24-41)33(5)31-35-11-15-39(16-12-35)43(9-3)27-29-45-46-30-28-44(10-4)40-17-13-36(14-18-40)32-34(6)38-21-25-42(8-2)26-22-38/h11-26,31-32H,7-10,27-30H2,1-6H3/q+2. The molecule has 0 spiro atoms. The molecular formula is C40H52N4S2+2. The van der Waals surface area contributed by atoms with Crippen molar-refractivity contribution in [1.82, 2.24) is 0 Å². The topological polar surface area (TPSA) is 14.2 Å². The first-order chi connectivity index (χ1) is 22.4. The summed E-state index contributed by atoms with van der Waals surface area (Å²) in [4.78, 5) is 4.95. The number of aromatic nitrogens is 2. The van der Waals surface area contributed by atoms with E-state index in [1.54, 1.807) is 0 Å². The highest BCUT2D eigenvalue weighted by molar-refractivity contribution is 8.76. The number of aryl methyl sites for hydroxylation is 2. The van der Waals surface area contributed by atoms with Gasteiger partial charge >= 0.3 is 0 Å². The van der Waals surface area contributed by atoms with E-state index in [0.29, 0.717) is 0 Å². The molecule has 0 N–H and O–H groups in total. The fourth-order valence-corrected chi connectivity index (χ4v) is 7.42. The summed E-state index contributed by atoms with van der Waals surface area (Å²) in [5.74, 6) is 2.22. The van der Waals surface area contributed by atoms with Crippen molar-refractivity contribution in [2.75, 3.05) is 47.5 Å². The van der Waals surface area contributed by atoms with Crippen molar-refractivity contribution in [2.24, 2.45) is 0 Å². The van der Waals surface area contributed by atoms with E-state index in [4.69, 9.17) is 0 Å². The predicted molar refractivity (Wildman–Crippen MR) is 205 cm³/mol. The first-order valence-corrected chi connectivity index (χ1v) is 19.2. The van der Waals surface area contributed by atoms with E-state index in [9.17, 15) is 0 Å². The molecule has 4 nitrogen and oxygen atoms in total. The number of anilines is 2. The summed E-state index contributed by atoms with van der Waals surface area (Å²) in [7, 11) is 3.98. The minimum Gasteiger partial charge on any atom is -0.371 e. The van der Waals surface area contributed by atoms with Gasteiger partial charge in [0, 0.05) is 73.3 Å². The van der Waals surface area contributed by atoms with Gasteiger partial charge in [-0.3, -0.25) is 0 Å². The highest BCUT2D eigenvalue weighted by Gasteiger charge is 2.08. The number of rotatable bonds is 17. The van der Waals surface area contributed by atoms with E-state index < -0.39 is 0 Å². The van der Waals surface area contributed by atoms with Crippen molar-refractivity contribution in [3.8, 4) is 0 Å². The first-order valence-electron chi connectivity index (χ1n) is 16.7. The molecule has 0 amide bonds. The van der Waals surface area contributed by atoms with Gasteiger partial charge in [0.25, 0.3) is 0 Å². The van der Waals surface area contributed by atoms with Crippen LogP contribution in [-0.2, 0) is 13.1 Å². The van der Waals surface area contributed by atoms with Crippen molar-refractivity contribution >= 4 is 56.3 Å². The van der Waals surface area contributed by atoms with Gasteiger partial charge < -0.3 is 9.80 Å². The van der Waals surface area contributed by atoms with Crippen LogP contribution in [0, 0.1) is 0 Å². The monoisotopic (exact) mass is 652 g/mol. The minimum absolute atomic E-state index is 0.996. The molecule has 0 aliphatic heterocycles. The summed E-state index contributed by atoms with van der Waals surface area (Å²) >= 11 is 0. The number of nitrogens with zero attached hydrogens (tertiary/aromatic N) is 4. The van der Waals surface area contributed by atoms with Gasteiger partial charge in [0.2, 0.25) is 0 Å². The lowest BCUT2D eigenvalue weighted by Crippen LogP contribution is -2.30. The Morgan fingerprint density at radius 2 is 0.891 bits per heavy atom. The van der Waals surface area contributed by atoms with Crippen LogP contribution in [-0.4, -0.2) is 37.7 Å². The number of allylic oxidation sites excluding steroid dienone is 2. The zero-order valence-electron chi connectivity index (χ0n) is 28.7. The molecule has 0 radical (unpaired) electrons. The number of benzene rings is 2. The highest BCUT2D eigenvalue weighted by Crippen LogP contribution is 2.25. The molecule has 0 saturated heterocycles. The Morgan fingerprint density at radius 3 is 1.20 bits per heavy atom. The smallest absolute Gasteiger partial charge is 0.169 e. The van der Waals surface area contributed by atoms with Crippen LogP contribution in [0.3, 0.4) is 0 Å². The molecule has 2 aromatic carbocycles. The Kier molecular flexibility index (Phi) is 14.3. The maximum atomic E-state index is 2.48. The molecule has 6 heteroatoms. The van der Waals surface area contributed by atoms with Gasteiger partial charge in [0.15, 0.2) is 24.8 Å². The number of pyridine rings is 2. The average Bonchev–Trinajstić information content (AvgIpc) is 3.10. The zero-order valence-corrected chi connectivity index (χ0v) is 30.3.